The van der Waals surface area contributed by atoms with E-state index in [1.165, 1.54) is 14.2 Å². The molecule has 0 bridgehead atoms. The van der Waals surface area contributed by atoms with Gasteiger partial charge in [0.15, 0.2) is 0 Å². The van der Waals surface area contributed by atoms with Crippen molar-refractivity contribution >= 4 is 35.0 Å². The standard InChI is InChI=1S/C47H50N8O6/c1-28(2)40(52-46(58)60-3)44(56)55-25-9-13-39(55)43-49-35-23-22-34(26-36(35)50-43)31-16-14-29(15-17-31)30-18-20-32(21-19-30)37-27-48-42(51-37)38-12-8-24-54(38)45(57)41(53-47(59)61-4)33-10-6-5-7-11-33/h5-7,10-11,14-23,26-28,38-41H,8-9,12-13,24-25H2,1-4H3,(H,48,51)(H,49,50)(H,52,58)(H,53,59)/t38-,39-,40-,41+/m0/s1. The molecular weight excluding hydrogens is 773 g/mol. The average molecular weight is 823 g/mol. The average Bonchev–Trinajstić information content (AvgIpc) is 4.13. The molecule has 14 nitrogen and oxygen atoms in total. The number of likely N-dealkylation sites (tertiary alicyclic amines) is 2. The number of amides is 4. The van der Waals surface area contributed by atoms with Gasteiger partial charge in [0.1, 0.15) is 23.7 Å². The summed E-state index contributed by atoms with van der Waals surface area (Å²) >= 11 is 0. The number of carbonyl (C=O) groups excluding carboxylic acids is 4. The van der Waals surface area contributed by atoms with Gasteiger partial charge in [0, 0.05) is 13.1 Å². The zero-order valence-electron chi connectivity index (χ0n) is 34.7. The van der Waals surface area contributed by atoms with Crippen molar-refractivity contribution in [2.75, 3.05) is 27.3 Å². The van der Waals surface area contributed by atoms with Crippen LogP contribution in [0.4, 0.5) is 9.59 Å². The maximum Gasteiger partial charge on any atom is 0.407 e. The Labute approximate surface area is 354 Å². The first-order valence-electron chi connectivity index (χ1n) is 20.7. The van der Waals surface area contributed by atoms with Crippen molar-refractivity contribution < 1.29 is 28.7 Å². The van der Waals surface area contributed by atoms with Gasteiger partial charge in [-0.25, -0.2) is 19.6 Å². The second kappa shape index (κ2) is 17.7. The maximum atomic E-state index is 13.9. The topological polar surface area (TPSA) is 175 Å². The fourth-order valence-electron chi connectivity index (χ4n) is 8.50. The number of methoxy groups -OCH3 is 2. The van der Waals surface area contributed by atoms with Crippen molar-refractivity contribution in [1.82, 2.24) is 40.4 Å². The van der Waals surface area contributed by atoms with Gasteiger partial charge in [-0.2, -0.15) is 0 Å². The van der Waals surface area contributed by atoms with Gasteiger partial charge in [-0.05, 0) is 77.1 Å². The summed E-state index contributed by atoms with van der Waals surface area (Å²) in [6.45, 7) is 4.96. The molecule has 4 amide bonds. The van der Waals surface area contributed by atoms with Crippen LogP contribution in [0.15, 0.2) is 103 Å². The fraction of sp³-hybridized carbons (Fsp3) is 0.319. The van der Waals surface area contributed by atoms with E-state index in [0.717, 1.165) is 76.1 Å². The summed E-state index contributed by atoms with van der Waals surface area (Å²) in [4.78, 5) is 71.9. The second-order valence-electron chi connectivity index (χ2n) is 15.9. The number of hydrogen-bond acceptors (Lipinski definition) is 8. The molecule has 6 aromatic rings. The van der Waals surface area contributed by atoms with Crippen LogP contribution in [0.25, 0.3) is 44.5 Å². The molecule has 2 saturated heterocycles. The molecule has 4 atom stereocenters. The molecule has 4 N–H and O–H groups in total. The number of nitrogens with one attached hydrogen (secondary N) is 4. The molecular formula is C47H50N8O6. The Hall–Kier alpha value is -6.96. The summed E-state index contributed by atoms with van der Waals surface area (Å²) in [5, 5.41) is 5.42. The zero-order chi connectivity index (χ0) is 42.6. The first-order valence-corrected chi connectivity index (χ1v) is 20.7. The van der Waals surface area contributed by atoms with E-state index < -0.39 is 24.3 Å². The zero-order valence-corrected chi connectivity index (χ0v) is 34.7. The van der Waals surface area contributed by atoms with Crippen molar-refractivity contribution in [2.45, 2.75) is 63.7 Å². The van der Waals surface area contributed by atoms with Crippen LogP contribution >= 0.6 is 0 Å². The molecule has 2 fully saturated rings. The van der Waals surface area contributed by atoms with Crippen LogP contribution in [0.3, 0.4) is 0 Å². The number of ether oxygens (including phenoxy) is 2. The lowest BCUT2D eigenvalue weighted by molar-refractivity contribution is -0.135. The number of alkyl carbamates (subject to hydrolysis) is 2. The third-order valence-corrected chi connectivity index (χ3v) is 11.8. The molecule has 0 aliphatic carbocycles. The number of imidazole rings is 2. The van der Waals surface area contributed by atoms with Gasteiger partial charge in [0.2, 0.25) is 5.91 Å². The molecule has 0 unspecified atom stereocenters. The number of aromatic nitrogens is 4. The van der Waals surface area contributed by atoms with Crippen LogP contribution in [0.1, 0.15) is 74.9 Å². The Kier molecular flexibility index (Phi) is 11.9. The van der Waals surface area contributed by atoms with Crippen LogP contribution in [0.2, 0.25) is 0 Å². The molecule has 2 aliphatic rings. The summed E-state index contributed by atoms with van der Waals surface area (Å²) in [6, 6.07) is 30.0. The monoisotopic (exact) mass is 822 g/mol. The minimum Gasteiger partial charge on any atom is -0.453 e. The highest BCUT2D eigenvalue weighted by molar-refractivity contribution is 5.88. The summed E-state index contributed by atoms with van der Waals surface area (Å²) in [5.74, 6) is 0.984. The van der Waals surface area contributed by atoms with E-state index in [1.54, 1.807) is 11.1 Å². The predicted molar refractivity (Wildman–Crippen MR) is 231 cm³/mol. The molecule has 0 saturated carbocycles. The Morgan fingerprint density at radius 2 is 1.23 bits per heavy atom. The molecule has 8 rings (SSSR count). The highest BCUT2D eigenvalue weighted by Crippen LogP contribution is 2.36. The van der Waals surface area contributed by atoms with Gasteiger partial charge in [0.25, 0.3) is 5.91 Å². The number of carbonyl (C=O) groups is 4. The predicted octanol–water partition coefficient (Wildman–Crippen LogP) is 8.09. The largest absolute Gasteiger partial charge is 0.453 e. The SMILES string of the molecule is COC(=O)N[C@H](C(=O)N1CCC[C@H]1c1nc2ccc(-c3ccc(-c4ccc(-c5cnc([C@@H]6CCCN6C(=O)[C@H](NC(=O)OC)c6ccccc6)[nH]5)cc4)cc3)cc2[nH]1)C(C)C. The summed E-state index contributed by atoms with van der Waals surface area (Å²) < 4.78 is 9.61. The lowest BCUT2D eigenvalue weighted by atomic mass is 9.99. The van der Waals surface area contributed by atoms with Gasteiger partial charge in [-0.1, -0.05) is 98.8 Å². The molecule has 0 radical (unpaired) electrons. The van der Waals surface area contributed by atoms with Gasteiger partial charge in [-0.15, -0.1) is 0 Å². The molecule has 4 heterocycles. The third-order valence-electron chi connectivity index (χ3n) is 11.8. The lowest BCUT2D eigenvalue weighted by Gasteiger charge is -2.29. The van der Waals surface area contributed by atoms with E-state index in [0.29, 0.717) is 24.5 Å². The first-order chi connectivity index (χ1) is 29.6. The van der Waals surface area contributed by atoms with Crippen molar-refractivity contribution in [3.63, 3.8) is 0 Å². The summed E-state index contributed by atoms with van der Waals surface area (Å²) in [7, 11) is 2.57. The van der Waals surface area contributed by atoms with E-state index in [9.17, 15) is 19.2 Å². The Bertz CT molecular complexity index is 2520. The minimum atomic E-state index is -0.879. The van der Waals surface area contributed by atoms with E-state index in [1.807, 2.05) is 55.1 Å². The van der Waals surface area contributed by atoms with E-state index in [4.69, 9.17) is 19.4 Å². The number of rotatable bonds is 11. The Balaban J connectivity index is 0.935. The lowest BCUT2D eigenvalue weighted by Crippen LogP contribution is -2.51. The van der Waals surface area contributed by atoms with E-state index in [-0.39, 0.29) is 29.8 Å². The number of hydrogen-bond donors (Lipinski definition) is 4. The van der Waals surface area contributed by atoms with Gasteiger partial charge in [-0.3, -0.25) is 9.59 Å². The summed E-state index contributed by atoms with van der Waals surface area (Å²) in [5.41, 5.74) is 8.46. The number of fused-ring (bicyclic) bond motifs is 1. The smallest absolute Gasteiger partial charge is 0.407 e. The van der Waals surface area contributed by atoms with E-state index in [2.05, 4.69) is 81.3 Å². The van der Waals surface area contributed by atoms with Crippen LogP contribution < -0.4 is 10.6 Å². The van der Waals surface area contributed by atoms with Crippen LogP contribution in [0.5, 0.6) is 0 Å². The number of nitrogens with zero attached hydrogens (tertiary/aromatic N) is 4. The maximum absolute atomic E-state index is 13.9. The molecule has 2 aromatic heterocycles. The number of benzene rings is 4. The first kappa shape index (κ1) is 40.8. The molecule has 4 aromatic carbocycles. The Morgan fingerprint density at radius 3 is 1.85 bits per heavy atom. The third kappa shape index (κ3) is 8.56. The fourth-order valence-corrected chi connectivity index (χ4v) is 8.50. The molecule has 2 aliphatic heterocycles. The number of aromatic amines is 2. The van der Waals surface area contributed by atoms with Crippen molar-refractivity contribution in [1.29, 1.82) is 0 Å². The number of H-pyrrole nitrogens is 2. The van der Waals surface area contributed by atoms with E-state index >= 15 is 0 Å². The molecule has 14 heteroatoms. The minimum absolute atomic E-state index is 0.109. The van der Waals surface area contributed by atoms with Crippen molar-refractivity contribution in [3.05, 3.63) is 120 Å². The van der Waals surface area contributed by atoms with Crippen molar-refractivity contribution in [2.24, 2.45) is 5.92 Å². The van der Waals surface area contributed by atoms with Gasteiger partial charge >= 0.3 is 12.2 Å². The summed E-state index contributed by atoms with van der Waals surface area (Å²) in [6.07, 6.45) is 3.71. The molecule has 61 heavy (non-hydrogen) atoms. The second-order valence-corrected chi connectivity index (χ2v) is 15.9. The molecule has 314 valence electrons. The highest BCUT2D eigenvalue weighted by Gasteiger charge is 2.39. The van der Waals surface area contributed by atoms with Crippen LogP contribution in [-0.2, 0) is 19.1 Å². The van der Waals surface area contributed by atoms with Crippen molar-refractivity contribution in [3.8, 4) is 33.5 Å². The van der Waals surface area contributed by atoms with Gasteiger partial charge < -0.3 is 39.9 Å². The van der Waals surface area contributed by atoms with Gasteiger partial charge in [0.05, 0.1) is 49.2 Å². The Morgan fingerprint density at radius 1 is 0.672 bits per heavy atom. The molecule has 0 spiro atoms. The van der Waals surface area contributed by atoms with Crippen LogP contribution in [-0.4, -0.2) is 87.1 Å². The highest BCUT2D eigenvalue weighted by atomic mass is 16.5. The normalized spacial score (nSPS) is 17.3. The van der Waals surface area contributed by atoms with Crippen LogP contribution in [0, 0.1) is 5.92 Å². The quantitative estimate of drug-likeness (QED) is 0.101.